The second kappa shape index (κ2) is 10.6. The van der Waals surface area contributed by atoms with Crippen LogP contribution in [0, 0.1) is 18.7 Å². The number of aliphatic hydroxyl groups is 1. The SMILES string of the molecule is COCCCN1C(=O)C(=O)/C(=C(/O)c2ccc(OCC(C)C)c(C)c2)[C@@H]1c1ccc(F)cc1. The number of hydrogen-bond acceptors (Lipinski definition) is 5. The van der Waals surface area contributed by atoms with E-state index in [4.69, 9.17) is 9.47 Å². The molecule has 1 fully saturated rings. The maximum atomic E-state index is 13.6. The van der Waals surface area contributed by atoms with Gasteiger partial charge in [-0.1, -0.05) is 26.0 Å². The van der Waals surface area contributed by atoms with Gasteiger partial charge < -0.3 is 19.5 Å². The lowest BCUT2D eigenvalue weighted by molar-refractivity contribution is -0.140. The van der Waals surface area contributed by atoms with Crippen LogP contribution in [0.4, 0.5) is 4.39 Å². The van der Waals surface area contributed by atoms with E-state index in [1.54, 1.807) is 25.3 Å². The van der Waals surface area contributed by atoms with E-state index in [1.165, 1.54) is 29.2 Å². The molecule has 176 valence electrons. The van der Waals surface area contributed by atoms with Crippen molar-refractivity contribution >= 4 is 17.4 Å². The van der Waals surface area contributed by atoms with Crippen LogP contribution in [0.15, 0.2) is 48.0 Å². The molecular formula is C26H30FNO5. The Balaban J connectivity index is 2.04. The number of aliphatic hydroxyl groups excluding tert-OH is 1. The Kier molecular flexibility index (Phi) is 7.87. The molecule has 2 aromatic rings. The molecule has 0 bridgehead atoms. The highest BCUT2D eigenvalue weighted by Gasteiger charge is 2.45. The monoisotopic (exact) mass is 455 g/mol. The first-order chi connectivity index (χ1) is 15.7. The van der Waals surface area contributed by atoms with Gasteiger partial charge in [-0.15, -0.1) is 0 Å². The van der Waals surface area contributed by atoms with Crippen molar-refractivity contribution in [2.24, 2.45) is 5.92 Å². The zero-order valence-electron chi connectivity index (χ0n) is 19.4. The lowest BCUT2D eigenvalue weighted by atomic mass is 9.94. The van der Waals surface area contributed by atoms with Gasteiger partial charge >= 0.3 is 0 Å². The Morgan fingerprint density at radius 2 is 1.85 bits per heavy atom. The number of ketones is 1. The smallest absolute Gasteiger partial charge is 0.295 e. The molecule has 1 aliphatic rings. The number of rotatable bonds is 9. The van der Waals surface area contributed by atoms with Crippen molar-refractivity contribution in [2.75, 3.05) is 26.9 Å². The second-order valence-electron chi connectivity index (χ2n) is 8.58. The molecule has 0 radical (unpaired) electrons. The number of carbonyl (C=O) groups excluding carboxylic acids is 2. The molecule has 0 saturated carbocycles. The fourth-order valence-corrected chi connectivity index (χ4v) is 3.85. The lowest BCUT2D eigenvalue weighted by Gasteiger charge is -2.25. The molecule has 1 amide bonds. The predicted molar refractivity (Wildman–Crippen MR) is 123 cm³/mol. The Labute approximate surface area is 193 Å². The molecule has 3 rings (SSSR count). The van der Waals surface area contributed by atoms with Crippen molar-refractivity contribution in [1.29, 1.82) is 0 Å². The highest BCUT2D eigenvalue weighted by molar-refractivity contribution is 6.46. The fourth-order valence-electron chi connectivity index (χ4n) is 3.85. The molecule has 7 heteroatoms. The van der Waals surface area contributed by atoms with Crippen molar-refractivity contribution in [3.63, 3.8) is 0 Å². The first-order valence-electron chi connectivity index (χ1n) is 11.0. The number of hydrogen-bond donors (Lipinski definition) is 1. The summed E-state index contributed by atoms with van der Waals surface area (Å²) in [5.74, 6) is -1.11. The van der Waals surface area contributed by atoms with Crippen molar-refractivity contribution in [3.05, 3.63) is 70.5 Å². The molecule has 0 unspecified atom stereocenters. The van der Waals surface area contributed by atoms with Gasteiger partial charge in [-0.05, 0) is 60.7 Å². The fraction of sp³-hybridized carbons (Fsp3) is 0.385. The van der Waals surface area contributed by atoms with Gasteiger partial charge in [-0.2, -0.15) is 0 Å². The van der Waals surface area contributed by atoms with E-state index in [2.05, 4.69) is 13.8 Å². The van der Waals surface area contributed by atoms with E-state index >= 15 is 0 Å². The van der Waals surface area contributed by atoms with E-state index in [1.807, 2.05) is 6.92 Å². The summed E-state index contributed by atoms with van der Waals surface area (Å²) in [7, 11) is 1.56. The van der Waals surface area contributed by atoms with Gasteiger partial charge in [0.05, 0.1) is 18.2 Å². The minimum atomic E-state index is -0.820. The molecule has 1 heterocycles. The van der Waals surface area contributed by atoms with E-state index in [9.17, 15) is 19.1 Å². The molecular weight excluding hydrogens is 425 g/mol. The molecule has 33 heavy (non-hydrogen) atoms. The summed E-state index contributed by atoms with van der Waals surface area (Å²) < 4.78 is 24.4. The molecule has 1 saturated heterocycles. The van der Waals surface area contributed by atoms with Crippen LogP contribution in [-0.2, 0) is 14.3 Å². The zero-order chi connectivity index (χ0) is 24.1. The van der Waals surface area contributed by atoms with Crippen LogP contribution in [0.5, 0.6) is 5.75 Å². The Morgan fingerprint density at radius 1 is 1.15 bits per heavy atom. The third kappa shape index (κ3) is 5.42. The van der Waals surface area contributed by atoms with Gasteiger partial charge in [0.1, 0.15) is 17.3 Å². The molecule has 1 N–H and O–H groups in total. The lowest BCUT2D eigenvalue weighted by Crippen LogP contribution is -2.31. The summed E-state index contributed by atoms with van der Waals surface area (Å²) in [6.45, 7) is 7.19. The minimum Gasteiger partial charge on any atom is -0.507 e. The van der Waals surface area contributed by atoms with Crippen LogP contribution in [0.1, 0.15) is 43.0 Å². The van der Waals surface area contributed by atoms with Gasteiger partial charge in [0.15, 0.2) is 0 Å². The largest absolute Gasteiger partial charge is 0.507 e. The first kappa shape index (κ1) is 24.5. The van der Waals surface area contributed by atoms with Crippen molar-refractivity contribution in [3.8, 4) is 5.75 Å². The topological polar surface area (TPSA) is 76.1 Å². The minimum absolute atomic E-state index is 0.0146. The van der Waals surface area contributed by atoms with Gasteiger partial charge in [-0.25, -0.2) is 4.39 Å². The van der Waals surface area contributed by atoms with Gasteiger partial charge in [0.25, 0.3) is 11.7 Å². The standard InChI is InChI=1S/C26H30FNO5/c1-16(2)15-33-21-11-8-19(14-17(21)3)24(29)22-23(18-6-9-20(27)10-7-18)28(12-5-13-32-4)26(31)25(22)30/h6-11,14,16,23,29H,5,12-13,15H2,1-4H3/b24-22+/t23-/m0/s1. The Bertz CT molecular complexity index is 1050. The van der Waals surface area contributed by atoms with E-state index in [0.717, 1.165) is 5.56 Å². The van der Waals surface area contributed by atoms with Crippen molar-refractivity contribution in [2.45, 2.75) is 33.2 Å². The van der Waals surface area contributed by atoms with Crippen molar-refractivity contribution in [1.82, 2.24) is 4.90 Å². The summed E-state index contributed by atoms with van der Waals surface area (Å²) in [5.41, 5.74) is 1.74. The quantitative estimate of drug-likeness (QED) is 0.258. The second-order valence-corrected chi connectivity index (χ2v) is 8.58. The normalized spacial score (nSPS) is 17.8. The zero-order valence-corrected chi connectivity index (χ0v) is 19.4. The molecule has 1 atom stereocenters. The Hall–Kier alpha value is -3.19. The van der Waals surface area contributed by atoms with Crippen LogP contribution in [0.3, 0.4) is 0 Å². The van der Waals surface area contributed by atoms with Crippen LogP contribution in [-0.4, -0.2) is 48.6 Å². The van der Waals surface area contributed by atoms with Crippen LogP contribution in [0.2, 0.25) is 0 Å². The van der Waals surface area contributed by atoms with E-state index in [0.29, 0.717) is 42.4 Å². The summed E-state index contributed by atoms with van der Waals surface area (Å²) in [6, 6.07) is 9.91. The maximum Gasteiger partial charge on any atom is 0.295 e. The number of carbonyl (C=O) groups is 2. The highest BCUT2D eigenvalue weighted by atomic mass is 19.1. The van der Waals surface area contributed by atoms with Crippen LogP contribution < -0.4 is 4.74 Å². The molecule has 0 spiro atoms. The van der Waals surface area contributed by atoms with Crippen LogP contribution in [0.25, 0.3) is 5.76 Å². The predicted octanol–water partition coefficient (Wildman–Crippen LogP) is 4.63. The van der Waals surface area contributed by atoms with Gasteiger partial charge in [0, 0.05) is 25.8 Å². The first-order valence-corrected chi connectivity index (χ1v) is 11.0. The van der Waals surface area contributed by atoms with E-state index < -0.39 is 23.5 Å². The van der Waals surface area contributed by atoms with E-state index in [-0.39, 0.29) is 17.9 Å². The molecule has 1 aliphatic heterocycles. The molecule has 6 nitrogen and oxygen atoms in total. The van der Waals surface area contributed by atoms with Gasteiger partial charge in [0.2, 0.25) is 0 Å². The third-order valence-electron chi connectivity index (χ3n) is 5.49. The number of halogens is 1. The number of aryl methyl sites for hydroxylation is 1. The number of amides is 1. The summed E-state index contributed by atoms with van der Waals surface area (Å²) in [5, 5.41) is 11.2. The average molecular weight is 456 g/mol. The number of methoxy groups -OCH3 is 1. The molecule has 0 aromatic heterocycles. The number of ether oxygens (including phenoxy) is 2. The number of benzene rings is 2. The number of likely N-dealkylation sites (tertiary alicyclic amines) is 1. The van der Waals surface area contributed by atoms with Crippen molar-refractivity contribution < 1.29 is 28.6 Å². The summed E-state index contributed by atoms with van der Waals surface area (Å²) in [6.07, 6.45) is 0.516. The molecule has 0 aliphatic carbocycles. The summed E-state index contributed by atoms with van der Waals surface area (Å²) >= 11 is 0. The Morgan fingerprint density at radius 3 is 2.45 bits per heavy atom. The maximum absolute atomic E-state index is 13.6. The molecule has 2 aromatic carbocycles. The third-order valence-corrected chi connectivity index (χ3v) is 5.49. The van der Waals surface area contributed by atoms with Crippen LogP contribution >= 0.6 is 0 Å². The number of nitrogens with zero attached hydrogens (tertiary/aromatic N) is 1. The van der Waals surface area contributed by atoms with Gasteiger partial charge in [-0.3, -0.25) is 9.59 Å². The average Bonchev–Trinajstić information content (AvgIpc) is 3.03. The summed E-state index contributed by atoms with van der Waals surface area (Å²) in [4.78, 5) is 27.3. The highest BCUT2D eigenvalue weighted by Crippen LogP contribution is 2.40. The number of Topliss-reactive ketones (excluding diaryl/α,β-unsaturated/α-hetero) is 1.